The minimum atomic E-state index is -3.52. The third-order valence-corrected chi connectivity index (χ3v) is 6.15. The summed E-state index contributed by atoms with van der Waals surface area (Å²) in [7, 11) is -1.74. The van der Waals surface area contributed by atoms with Crippen molar-refractivity contribution in [1.29, 1.82) is 0 Å². The van der Waals surface area contributed by atoms with E-state index in [2.05, 4.69) is 24.0 Å². The van der Waals surface area contributed by atoms with Crippen LogP contribution in [-0.2, 0) is 22.5 Å². The van der Waals surface area contributed by atoms with Gasteiger partial charge in [-0.1, -0.05) is 37.3 Å². The summed E-state index contributed by atoms with van der Waals surface area (Å²) in [5, 5.41) is 0.132. The van der Waals surface area contributed by atoms with Gasteiger partial charge in [-0.2, -0.15) is 4.31 Å². The number of hydrogen-bond acceptors (Lipinski definition) is 3. The van der Waals surface area contributed by atoms with E-state index in [9.17, 15) is 8.42 Å². The van der Waals surface area contributed by atoms with E-state index in [4.69, 9.17) is 0 Å². The van der Waals surface area contributed by atoms with E-state index in [-0.39, 0.29) is 10.4 Å². The summed E-state index contributed by atoms with van der Waals surface area (Å²) in [5.74, 6) is 0. The normalized spacial score (nSPS) is 23.5. The molecule has 1 aromatic heterocycles. The van der Waals surface area contributed by atoms with E-state index in [0.717, 1.165) is 12.8 Å². The molecular weight excluding hydrogens is 298 g/mol. The third kappa shape index (κ3) is 2.68. The van der Waals surface area contributed by atoms with Crippen molar-refractivity contribution in [3.63, 3.8) is 0 Å². The summed E-state index contributed by atoms with van der Waals surface area (Å²) in [6.45, 7) is 3.19. The van der Waals surface area contributed by atoms with Crippen molar-refractivity contribution >= 4 is 10.0 Å². The Hall–Kier alpha value is -1.66. The predicted octanol–water partition coefficient (Wildman–Crippen LogP) is 2.16. The standard InChI is InChI=1S/C16H21N3O2S/c1-16(14-7-4-3-5-8-14)9-6-10-19(12-16)22(20,21)15-11-18(2)13-17-15/h3-5,7-8,11,13H,6,9-10,12H2,1-2H3/t16-/m1/s1. The van der Waals surface area contributed by atoms with Gasteiger partial charge in [0.2, 0.25) is 0 Å². The lowest BCUT2D eigenvalue weighted by molar-refractivity contribution is 0.240. The van der Waals surface area contributed by atoms with E-state index in [1.807, 2.05) is 18.2 Å². The predicted molar refractivity (Wildman–Crippen MR) is 85.0 cm³/mol. The average Bonchev–Trinajstić information content (AvgIpc) is 2.96. The monoisotopic (exact) mass is 319 g/mol. The van der Waals surface area contributed by atoms with Gasteiger partial charge in [-0.05, 0) is 18.4 Å². The van der Waals surface area contributed by atoms with Crippen LogP contribution in [-0.4, -0.2) is 35.4 Å². The van der Waals surface area contributed by atoms with Gasteiger partial charge < -0.3 is 4.57 Å². The molecule has 6 heteroatoms. The van der Waals surface area contributed by atoms with Crippen molar-refractivity contribution in [2.75, 3.05) is 13.1 Å². The highest BCUT2D eigenvalue weighted by atomic mass is 32.2. The second-order valence-electron chi connectivity index (χ2n) is 6.25. The van der Waals surface area contributed by atoms with Crippen molar-refractivity contribution in [2.24, 2.45) is 7.05 Å². The molecule has 5 nitrogen and oxygen atoms in total. The quantitative estimate of drug-likeness (QED) is 0.871. The topological polar surface area (TPSA) is 55.2 Å². The molecule has 3 rings (SSSR count). The molecule has 1 aliphatic rings. The highest BCUT2D eigenvalue weighted by Crippen LogP contribution is 2.35. The summed E-state index contributed by atoms with van der Waals surface area (Å²) in [6.07, 6.45) is 4.93. The van der Waals surface area contributed by atoms with Crippen molar-refractivity contribution in [3.05, 3.63) is 48.4 Å². The highest BCUT2D eigenvalue weighted by Gasteiger charge is 2.38. The Morgan fingerprint density at radius 3 is 2.59 bits per heavy atom. The molecule has 2 aromatic rings. The lowest BCUT2D eigenvalue weighted by Gasteiger charge is -2.39. The van der Waals surface area contributed by atoms with E-state index in [0.29, 0.717) is 13.1 Å². The number of aryl methyl sites for hydroxylation is 1. The fraction of sp³-hybridized carbons (Fsp3) is 0.438. The largest absolute Gasteiger partial charge is 0.339 e. The van der Waals surface area contributed by atoms with Gasteiger partial charge in [-0.15, -0.1) is 0 Å². The van der Waals surface area contributed by atoms with Crippen LogP contribution in [0.2, 0.25) is 0 Å². The van der Waals surface area contributed by atoms with E-state index < -0.39 is 10.0 Å². The first kappa shape index (κ1) is 15.2. The Labute approximate surface area is 131 Å². The molecule has 0 N–H and O–H groups in total. The van der Waals surface area contributed by atoms with Crippen LogP contribution >= 0.6 is 0 Å². The molecule has 0 aliphatic carbocycles. The molecule has 0 spiro atoms. The fourth-order valence-corrected chi connectivity index (χ4v) is 4.70. The number of nitrogens with zero attached hydrogens (tertiary/aromatic N) is 3. The molecule has 1 aliphatic heterocycles. The Kier molecular flexibility index (Phi) is 3.82. The maximum absolute atomic E-state index is 12.8. The molecule has 1 aromatic carbocycles. The fourth-order valence-electron chi connectivity index (χ4n) is 3.13. The highest BCUT2D eigenvalue weighted by molar-refractivity contribution is 7.89. The molecule has 0 bridgehead atoms. The van der Waals surface area contributed by atoms with Crippen LogP contribution in [0.1, 0.15) is 25.3 Å². The molecule has 22 heavy (non-hydrogen) atoms. The Morgan fingerprint density at radius 2 is 1.95 bits per heavy atom. The summed E-state index contributed by atoms with van der Waals surface area (Å²) < 4.78 is 28.8. The van der Waals surface area contributed by atoms with E-state index in [1.54, 1.807) is 22.1 Å². The molecule has 2 heterocycles. The second-order valence-corrected chi connectivity index (χ2v) is 8.13. The third-order valence-electron chi connectivity index (χ3n) is 4.42. The lowest BCUT2D eigenvalue weighted by Crippen LogP contribution is -2.47. The first-order valence-corrected chi connectivity index (χ1v) is 8.89. The van der Waals surface area contributed by atoms with Crippen LogP contribution in [0.3, 0.4) is 0 Å². The molecule has 0 radical (unpaired) electrons. The van der Waals surface area contributed by atoms with Crippen molar-refractivity contribution in [2.45, 2.75) is 30.2 Å². The van der Waals surface area contributed by atoms with E-state index in [1.165, 1.54) is 11.9 Å². The SMILES string of the molecule is Cn1cnc(S(=O)(=O)N2CCC[C@@](C)(c3ccccc3)C2)c1. The molecule has 0 saturated carbocycles. The Bertz CT molecular complexity index is 755. The zero-order valence-electron chi connectivity index (χ0n) is 12.9. The summed E-state index contributed by atoms with van der Waals surface area (Å²) in [5.41, 5.74) is 1.04. The molecule has 1 atom stereocenters. The molecule has 0 amide bonds. The zero-order chi connectivity index (χ0) is 15.8. The molecule has 118 valence electrons. The van der Waals surface area contributed by atoms with Gasteiger partial charge in [0.25, 0.3) is 10.0 Å². The summed E-state index contributed by atoms with van der Waals surface area (Å²) >= 11 is 0. The van der Waals surface area contributed by atoms with Crippen LogP contribution in [0, 0.1) is 0 Å². The van der Waals surface area contributed by atoms with Crippen LogP contribution in [0.5, 0.6) is 0 Å². The number of aromatic nitrogens is 2. The number of piperidine rings is 1. The maximum Gasteiger partial charge on any atom is 0.262 e. The first-order chi connectivity index (χ1) is 10.4. The van der Waals surface area contributed by atoms with Gasteiger partial charge in [0, 0.05) is 31.7 Å². The van der Waals surface area contributed by atoms with Gasteiger partial charge in [-0.25, -0.2) is 13.4 Å². The minimum Gasteiger partial charge on any atom is -0.339 e. The first-order valence-electron chi connectivity index (χ1n) is 7.45. The van der Waals surface area contributed by atoms with E-state index >= 15 is 0 Å². The Balaban J connectivity index is 1.90. The van der Waals surface area contributed by atoms with Crippen molar-refractivity contribution in [1.82, 2.24) is 13.9 Å². The van der Waals surface area contributed by atoms with Crippen LogP contribution in [0.4, 0.5) is 0 Å². The lowest BCUT2D eigenvalue weighted by atomic mass is 9.77. The molecule has 0 unspecified atom stereocenters. The number of imidazole rings is 1. The van der Waals surface area contributed by atoms with Gasteiger partial charge in [0.1, 0.15) is 0 Å². The molecule has 1 saturated heterocycles. The van der Waals surface area contributed by atoms with Gasteiger partial charge >= 0.3 is 0 Å². The second kappa shape index (κ2) is 5.52. The number of sulfonamides is 1. The van der Waals surface area contributed by atoms with Gasteiger partial charge in [-0.3, -0.25) is 0 Å². The number of benzene rings is 1. The Morgan fingerprint density at radius 1 is 1.23 bits per heavy atom. The smallest absolute Gasteiger partial charge is 0.262 e. The molecular formula is C16H21N3O2S. The minimum absolute atomic E-state index is 0.132. The average molecular weight is 319 g/mol. The van der Waals surface area contributed by atoms with Crippen LogP contribution in [0.15, 0.2) is 47.9 Å². The van der Waals surface area contributed by atoms with Crippen LogP contribution in [0.25, 0.3) is 0 Å². The summed E-state index contributed by atoms with van der Waals surface area (Å²) in [6, 6.07) is 10.2. The molecule has 1 fully saturated rings. The number of rotatable bonds is 3. The van der Waals surface area contributed by atoms with Crippen molar-refractivity contribution < 1.29 is 8.42 Å². The van der Waals surface area contributed by atoms with Crippen molar-refractivity contribution in [3.8, 4) is 0 Å². The van der Waals surface area contributed by atoms with Gasteiger partial charge in [0.15, 0.2) is 5.03 Å². The van der Waals surface area contributed by atoms with Crippen LogP contribution < -0.4 is 0 Å². The maximum atomic E-state index is 12.8. The van der Waals surface area contributed by atoms with Gasteiger partial charge in [0.05, 0.1) is 6.33 Å². The number of hydrogen-bond donors (Lipinski definition) is 0. The summed E-state index contributed by atoms with van der Waals surface area (Å²) in [4.78, 5) is 4.02. The zero-order valence-corrected chi connectivity index (χ0v) is 13.8.